The zero-order valence-corrected chi connectivity index (χ0v) is 8.06. The summed E-state index contributed by atoms with van der Waals surface area (Å²) in [7, 11) is 5.55. The van der Waals surface area contributed by atoms with Gasteiger partial charge in [-0.05, 0) is 25.0 Å². The molecule has 1 aliphatic carbocycles. The maximum atomic E-state index is 11.4. The fourth-order valence-electron chi connectivity index (χ4n) is 1.27. The van der Waals surface area contributed by atoms with Crippen molar-refractivity contribution in [3.05, 3.63) is 17.8 Å². The van der Waals surface area contributed by atoms with Gasteiger partial charge in [-0.15, -0.1) is 0 Å². The predicted octanol–water partition coefficient (Wildman–Crippen LogP) is 0.0364. The molecular weight excluding hydrogens is 191 g/mol. The zero-order valence-electron chi connectivity index (χ0n) is 8.06. The molecule has 1 saturated carbocycles. The van der Waals surface area contributed by atoms with Crippen molar-refractivity contribution in [2.45, 2.75) is 12.8 Å². The number of pyridine rings is 1. The summed E-state index contributed by atoms with van der Waals surface area (Å²) < 4.78 is 0. The molecule has 1 N–H and O–H groups in total. The van der Waals surface area contributed by atoms with Gasteiger partial charge in [0.25, 0.3) is 0 Å². The summed E-state index contributed by atoms with van der Waals surface area (Å²) in [4.78, 5) is 25.8. The van der Waals surface area contributed by atoms with Crippen molar-refractivity contribution in [1.29, 1.82) is 0 Å². The molecule has 0 aliphatic heterocycles. The van der Waals surface area contributed by atoms with Crippen molar-refractivity contribution in [1.82, 2.24) is 4.98 Å². The Bertz CT molecular complexity index is 416. The van der Waals surface area contributed by atoms with Gasteiger partial charge >= 0.3 is 0 Å². The van der Waals surface area contributed by atoms with Gasteiger partial charge in [0.05, 0.1) is 0 Å². The van der Waals surface area contributed by atoms with Gasteiger partial charge in [-0.3, -0.25) is 9.59 Å². The molecule has 1 heterocycles. The summed E-state index contributed by atoms with van der Waals surface area (Å²) in [5.41, 5.74) is 0.638. The van der Waals surface area contributed by atoms with Crippen LogP contribution < -0.4 is 10.8 Å². The molecule has 2 radical (unpaired) electrons. The lowest BCUT2D eigenvalue weighted by atomic mass is 9.96. The zero-order chi connectivity index (χ0) is 10.8. The first kappa shape index (κ1) is 9.89. The summed E-state index contributed by atoms with van der Waals surface area (Å²) >= 11 is 0. The Balaban J connectivity index is 2.15. The summed E-state index contributed by atoms with van der Waals surface area (Å²) in [6.45, 7) is 0. The van der Waals surface area contributed by atoms with Crippen LogP contribution in [0.25, 0.3) is 0 Å². The molecule has 1 aromatic rings. The molecule has 0 aromatic carbocycles. The molecule has 1 fully saturated rings. The SMILES string of the molecule is [B]c1cc(C=O)nc(NC(=O)C2CC2)c1. The Morgan fingerprint density at radius 1 is 1.53 bits per heavy atom. The lowest BCUT2D eigenvalue weighted by molar-refractivity contribution is -0.117. The van der Waals surface area contributed by atoms with Crippen molar-refractivity contribution >= 4 is 31.3 Å². The molecule has 15 heavy (non-hydrogen) atoms. The average molecular weight is 200 g/mol. The van der Waals surface area contributed by atoms with Crippen LogP contribution >= 0.6 is 0 Å². The highest BCUT2D eigenvalue weighted by Gasteiger charge is 2.29. The molecule has 74 valence electrons. The molecule has 1 amide bonds. The number of amides is 1. The van der Waals surface area contributed by atoms with Gasteiger partial charge in [0.1, 0.15) is 19.4 Å². The van der Waals surface area contributed by atoms with Gasteiger partial charge in [0.2, 0.25) is 5.91 Å². The molecule has 2 rings (SSSR count). The molecule has 0 saturated heterocycles. The molecular formula is C10H9BN2O2. The highest BCUT2D eigenvalue weighted by molar-refractivity contribution is 6.32. The van der Waals surface area contributed by atoms with Crippen LogP contribution in [-0.4, -0.2) is 25.0 Å². The largest absolute Gasteiger partial charge is 0.310 e. The van der Waals surface area contributed by atoms with Crippen molar-refractivity contribution in [3.8, 4) is 0 Å². The highest BCUT2D eigenvalue weighted by atomic mass is 16.2. The molecule has 1 aromatic heterocycles. The third-order valence-corrected chi connectivity index (χ3v) is 2.19. The van der Waals surface area contributed by atoms with Gasteiger partial charge in [-0.1, -0.05) is 5.46 Å². The molecule has 0 spiro atoms. The fraction of sp³-hybridized carbons (Fsp3) is 0.300. The van der Waals surface area contributed by atoms with Gasteiger partial charge in [-0.2, -0.15) is 0 Å². The van der Waals surface area contributed by atoms with Crippen LogP contribution in [0.3, 0.4) is 0 Å². The fourth-order valence-corrected chi connectivity index (χ4v) is 1.27. The Morgan fingerprint density at radius 2 is 2.27 bits per heavy atom. The van der Waals surface area contributed by atoms with E-state index in [9.17, 15) is 9.59 Å². The molecule has 1 aliphatic rings. The molecule has 0 bridgehead atoms. The number of anilines is 1. The van der Waals surface area contributed by atoms with Crippen molar-refractivity contribution in [2.75, 3.05) is 5.32 Å². The van der Waals surface area contributed by atoms with Crippen LogP contribution in [0, 0.1) is 5.92 Å². The molecule has 5 heteroatoms. The second-order valence-corrected chi connectivity index (χ2v) is 3.59. The quantitative estimate of drug-likeness (QED) is 0.553. The van der Waals surface area contributed by atoms with Crippen LogP contribution in [0.15, 0.2) is 12.1 Å². The number of rotatable bonds is 3. The van der Waals surface area contributed by atoms with E-state index in [-0.39, 0.29) is 17.5 Å². The Kier molecular flexibility index (Phi) is 2.54. The van der Waals surface area contributed by atoms with Gasteiger partial charge < -0.3 is 5.32 Å². The van der Waals surface area contributed by atoms with E-state index >= 15 is 0 Å². The Hall–Kier alpha value is -1.65. The first-order chi connectivity index (χ1) is 7.19. The number of carbonyl (C=O) groups is 2. The minimum absolute atomic E-state index is 0.0510. The second-order valence-electron chi connectivity index (χ2n) is 3.59. The van der Waals surface area contributed by atoms with Crippen molar-refractivity contribution < 1.29 is 9.59 Å². The lowest BCUT2D eigenvalue weighted by Gasteiger charge is -2.05. The van der Waals surface area contributed by atoms with E-state index in [1.807, 2.05) is 0 Å². The monoisotopic (exact) mass is 200 g/mol. The number of hydrogen-bond acceptors (Lipinski definition) is 3. The third kappa shape index (κ3) is 2.43. The summed E-state index contributed by atoms with van der Waals surface area (Å²) in [6, 6.07) is 2.99. The van der Waals surface area contributed by atoms with Crippen molar-refractivity contribution in [2.24, 2.45) is 5.92 Å². The van der Waals surface area contributed by atoms with E-state index in [4.69, 9.17) is 7.85 Å². The Morgan fingerprint density at radius 3 is 2.87 bits per heavy atom. The predicted molar refractivity (Wildman–Crippen MR) is 56.4 cm³/mol. The number of carbonyl (C=O) groups excluding carboxylic acids is 2. The smallest absolute Gasteiger partial charge is 0.228 e. The summed E-state index contributed by atoms with van der Waals surface area (Å²) in [5, 5.41) is 2.63. The van der Waals surface area contributed by atoms with E-state index < -0.39 is 0 Å². The van der Waals surface area contributed by atoms with Gasteiger partial charge in [0, 0.05) is 5.92 Å². The van der Waals surface area contributed by atoms with E-state index in [0.29, 0.717) is 17.6 Å². The molecule has 4 nitrogen and oxygen atoms in total. The van der Waals surface area contributed by atoms with E-state index in [1.54, 1.807) is 0 Å². The number of hydrogen-bond donors (Lipinski definition) is 1. The van der Waals surface area contributed by atoms with Gasteiger partial charge in [0.15, 0.2) is 6.29 Å². The molecule has 0 atom stereocenters. The summed E-state index contributed by atoms with van der Waals surface area (Å²) in [5.74, 6) is 0.395. The van der Waals surface area contributed by atoms with Crippen LogP contribution in [0.5, 0.6) is 0 Å². The average Bonchev–Trinajstić information content (AvgIpc) is 2.99. The minimum atomic E-state index is -0.0510. The molecule has 0 unspecified atom stereocenters. The first-order valence-corrected chi connectivity index (χ1v) is 4.72. The highest BCUT2D eigenvalue weighted by Crippen LogP contribution is 2.29. The van der Waals surface area contributed by atoms with E-state index in [2.05, 4.69) is 10.3 Å². The van der Waals surface area contributed by atoms with Crippen LogP contribution in [0.2, 0.25) is 0 Å². The second kappa shape index (κ2) is 3.84. The number of nitrogens with zero attached hydrogens (tertiary/aromatic N) is 1. The number of aldehydes is 1. The number of nitrogens with one attached hydrogen (secondary N) is 1. The topological polar surface area (TPSA) is 59.1 Å². The van der Waals surface area contributed by atoms with Gasteiger partial charge in [-0.25, -0.2) is 4.98 Å². The normalized spacial score (nSPS) is 14.7. The van der Waals surface area contributed by atoms with Crippen LogP contribution in [0.4, 0.5) is 5.82 Å². The lowest BCUT2D eigenvalue weighted by Crippen LogP contribution is -2.17. The number of aromatic nitrogens is 1. The van der Waals surface area contributed by atoms with Crippen LogP contribution in [0.1, 0.15) is 23.3 Å². The van der Waals surface area contributed by atoms with E-state index in [1.165, 1.54) is 12.1 Å². The van der Waals surface area contributed by atoms with Crippen molar-refractivity contribution in [3.63, 3.8) is 0 Å². The minimum Gasteiger partial charge on any atom is -0.310 e. The Labute approximate surface area is 88.5 Å². The maximum Gasteiger partial charge on any atom is 0.228 e. The van der Waals surface area contributed by atoms with E-state index in [0.717, 1.165) is 12.8 Å². The third-order valence-electron chi connectivity index (χ3n) is 2.19. The summed E-state index contributed by atoms with van der Waals surface area (Å²) in [6.07, 6.45) is 2.45. The van der Waals surface area contributed by atoms with Crippen LogP contribution in [-0.2, 0) is 4.79 Å². The maximum absolute atomic E-state index is 11.4. The first-order valence-electron chi connectivity index (χ1n) is 4.72. The standard InChI is InChI=1S/C10H9BN2O2/c11-7-3-8(5-14)12-9(4-7)13-10(15)6-1-2-6/h3-6H,1-2H2,(H,12,13,15).